The van der Waals surface area contributed by atoms with Crippen molar-refractivity contribution in [3.8, 4) is 0 Å². The summed E-state index contributed by atoms with van der Waals surface area (Å²) in [4.78, 5) is 16.3. The van der Waals surface area contributed by atoms with Crippen molar-refractivity contribution in [3.63, 3.8) is 0 Å². The molecular formula is C20H22ClF2N5O2. The minimum Gasteiger partial charge on any atom is -0.483 e. The van der Waals surface area contributed by atoms with Crippen LogP contribution in [-0.4, -0.2) is 33.3 Å². The van der Waals surface area contributed by atoms with Crippen molar-refractivity contribution in [1.29, 1.82) is 5.41 Å². The molecule has 2 aromatic heterocycles. The third-order valence-corrected chi connectivity index (χ3v) is 5.90. The molecule has 0 saturated heterocycles. The Morgan fingerprint density at radius 3 is 2.53 bits per heavy atom. The predicted octanol–water partition coefficient (Wildman–Crippen LogP) is 4.10. The molecule has 1 unspecified atom stereocenters. The van der Waals surface area contributed by atoms with Crippen LogP contribution in [0.1, 0.15) is 43.4 Å². The first-order valence-electron chi connectivity index (χ1n) is 9.54. The van der Waals surface area contributed by atoms with Gasteiger partial charge >= 0.3 is 0 Å². The van der Waals surface area contributed by atoms with Gasteiger partial charge in [0.05, 0.1) is 10.7 Å². The van der Waals surface area contributed by atoms with Gasteiger partial charge in [-0.05, 0) is 37.2 Å². The van der Waals surface area contributed by atoms with Crippen molar-refractivity contribution in [2.24, 2.45) is 11.8 Å². The van der Waals surface area contributed by atoms with Gasteiger partial charge in [-0.1, -0.05) is 24.4 Å². The summed E-state index contributed by atoms with van der Waals surface area (Å²) in [5, 5.41) is 18.6. The van der Waals surface area contributed by atoms with Gasteiger partial charge in [-0.3, -0.25) is 10.2 Å². The number of carbonyl (C=O) groups is 1. The fourth-order valence-electron chi connectivity index (χ4n) is 4.25. The summed E-state index contributed by atoms with van der Waals surface area (Å²) in [6.45, 7) is -0.250. The number of nitrogens with two attached hydrogens (primary N) is 1. The molecule has 3 aliphatic carbocycles. The lowest BCUT2D eigenvalue weighted by Crippen LogP contribution is -2.40. The Kier molecular flexibility index (Phi) is 6.81. The molecular weight excluding hydrogens is 416 g/mol. The van der Waals surface area contributed by atoms with Gasteiger partial charge in [0.25, 0.3) is 6.47 Å². The van der Waals surface area contributed by atoms with Crippen LogP contribution in [0.3, 0.4) is 0 Å². The lowest BCUT2D eigenvalue weighted by atomic mass is 9.68. The third-order valence-electron chi connectivity index (χ3n) is 5.69. The minimum atomic E-state index is -0.924. The number of pyridine rings is 2. The number of carboxylic acid groups (broad SMARTS) is 1. The number of hydrogen-bond donors (Lipinski definition) is 4. The van der Waals surface area contributed by atoms with Crippen LogP contribution >= 0.6 is 11.6 Å². The molecule has 5 rings (SSSR count). The second-order valence-electron chi connectivity index (χ2n) is 7.48. The monoisotopic (exact) mass is 437 g/mol. The quantitative estimate of drug-likeness (QED) is 0.421. The molecule has 3 fully saturated rings. The molecule has 1 atom stereocenters. The van der Waals surface area contributed by atoms with E-state index in [2.05, 4.69) is 15.3 Å². The summed E-state index contributed by atoms with van der Waals surface area (Å²) in [6, 6.07) is 2.31. The Balaban J connectivity index is 0.000000806. The predicted molar refractivity (Wildman–Crippen MR) is 110 cm³/mol. The fourth-order valence-corrected chi connectivity index (χ4v) is 4.41. The van der Waals surface area contributed by atoms with E-state index in [-0.39, 0.29) is 46.1 Å². The van der Waals surface area contributed by atoms with E-state index in [4.69, 9.17) is 32.6 Å². The Labute approximate surface area is 177 Å². The van der Waals surface area contributed by atoms with Crippen LogP contribution in [-0.2, 0) is 4.79 Å². The molecule has 0 aliphatic heterocycles. The molecule has 160 valence electrons. The summed E-state index contributed by atoms with van der Waals surface area (Å²) in [6.07, 6.45) is 7.00. The number of hydrogen-bond acceptors (Lipinski definition) is 6. The highest BCUT2D eigenvalue weighted by atomic mass is 35.5. The summed E-state index contributed by atoms with van der Waals surface area (Å²) in [5.74, 6) is -0.533. The molecule has 3 saturated carbocycles. The normalized spacial score (nSPS) is 22.0. The number of halogens is 3. The molecule has 2 bridgehead atoms. The molecule has 0 spiro atoms. The minimum absolute atomic E-state index is 0.0257. The highest BCUT2D eigenvalue weighted by Crippen LogP contribution is 2.42. The molecule has 30 heavy (non-hydrogen) atoms. The smallest absolute Gasteiger partial charge is 0.290 e. The number of aromatic nitrogens is 2. The Hall–Kier alpha value is -2.81. The average molecular weight is 438 g/mol. The highest BCUT2D eigenvalue weighted by molar-refractivity contribution is 6.31. The molecule has 0 amide bonds. The van der Waals surface area contributed by atoms with Gasteiger partial charge in [-0.25, -0.2) is 18.7 Å². The van der Waals surface area contributed by atoms with Gasteiger partial charge in [0, 0.05) is 23.9 Å². The zero-order chi connectivity index (χ0) is 21.8. The van der Waals surface area contributed by atoms with Crippen LogP contribution in [0.5, 0.6) is 0 Å². The first-order chi connectivity index (χ1) is 14.3. The summed E-state index contributed by atoms with van der Waals surface area (Å²) in [7, 11) is 0. The van der Waals surface area contributed by atoms with Crippen LogP contribution in [0.4, 0.5) is 20.4 Å². The second kappa shape index (κ2) is 9.34. The maximum atomic E-state index is 14.4. The molecule has 0 aromatic carbocycles. The van der Waals surface area contributed by atoms with Crippen LogP contribution in [0.25, 0.3) is 0 Å². The summed E-state index contributed by atoms with van der Waals surface area (Å²) < 4.78 is 28.7. The zero-order valence-corrected chi connectivity index (χ0v) is 16.8. The summed E-state index contributed by atoms with van der Waals surface area (Å²) in [5.41, 5.74) is 5.38. The number of nitrogens with zero attached hydrogens (tertiary/aromatic N) is 2. The third kappa shape index (κ3) is 4.67. The lowest BCUT2D eigenvalue weighted by molar-refractivity contribution is -0.122. The van der Waals surface area contributed by atoms with E-state index in [9.17, 15) is 8.78 Å². The number of rotatable bonds is 4. The molecule has 7 nitrogen and oxygen atoms in total. The van der Waals surface area contributed by atoms with Crippen molar-refractivity contribution in [1.82, 2.24) is 9.97 Å². The number of fused-ring (bicyclic) bond motifs is 3. The van der Waals surface area contributed by atoms with E-state index in [0.29, 0.717) is 11.8 Å². The fraction of sp³-hybridized carbons (Fsp3) is 0.400. The topological polar surface area (TPSA) is 125 Å². The largest absolute Gasteiger partial charge is 0.483 e. The van der Waals surface area contributed by atoms with Gasteiger partial charge in [-0.2, -0.15) is 0 Å². The zero-order valence-electron chi connectivity index (χ0n) is 16.0. The SMILES string of the molecule is N=C(c1cc(Cl)cnc1N)c1nc(NC2CC3CCC2CC3)c(F)cc1F.O=CO. The first kappa shape index (κ1) is 21.9. The standard InChI is InChI=1S/C19H20ClF2N5.CH2O2/c20-11-6-12(18(24)25-8-11)16(23)17-13(21)7-14(22)19(27-17)26-15-5-9-1-3-10(15)4-2-9;2-1-3/h6-10,15,23H,1-5H2,(H2,24,25)(H,26,27);1H,(H,2,3). The van der Waals surface area contributed by atoms with Crippen molar-refractivity contribution in [3.05, 3.63) is 46.2 Å². The Bertz CT molecular complexity index is 951. The van der Waals surface area contributed by atoms with E-state index < -0.39 is 11.6 Å². The van der Waals surface area contributed by atoms with Gasteiger partial charge in [0.2, 0.25) is 0 Å². The van der Waals surface area contributed by atoms with E-state index in [1.165, 1.54) is 25.1 Å². The summed E-state index contributed by atoms with van der Waals surface area (Å²) >= 11 is 5.91. The highest BCUT2D eigenvalue weighted by Gasteiger charge is 2.36. The maximum Gasteiger partial charge on any atom is 0.290 e. The Morgan fingerprint density at radius 1 is 1.27 bits per heavy atom. The van der Waals surface area contributed by atoms with Gasteiger partial charge in [0.1, 0.15) is 11.5 Å². The van der Waals surface area contributed by atoms with Crippen molar-refractivity contribution in [2.75, 3.05) is 11.1 Å². The lowest BCUT2D eigenvalue weighted by Gasteiger charge is -2.42. The molecule has 2 aromatic rings. The number of anilines is 2. The van der Waals surface area contributed by atoms with Crippen molar-refractivity contribution >= 4 is 35.4 Å². The van der Waals surface area contributed by atoms with Crippen molar-refractivity contribution < 1.29 is 18.7 Å². The van der Waals surface area contributed by atoms with Gasteiger partial charge in [0.15, 0.2) is 17.5 Å². The molecule has 2 heterocycles. The van der Waals surface area contributed by atoms with Gasteiger partial charge < -0.3 is 16.2 Å². The molecule has 10 heteroatoms. The number of nitrogen functional groups attached to an aromatic ring is 1. The number of nitrogens with one attached hydrogen (secondary N) is 2. The average Bonchev–Trinajstić information content (AvgIpc) is 2.73. The first-order valence-corrected chi connectivity index (χ1v) is 9.92. The van der Waals surface area contributed by atoms with E-state index in [0.717, 1.165) is 25.3 Å². The van der Waals surface area contributed by atoms with E-state index in [1.807, 2.05) is 0 Å². The van der Waals surface area contributed by atoms with Gasteiger partial charge in [-0.15, -0.1) is 0 Å². The van der Waals surface area contributed by atoms with Crippen LogP contribution in [0.15, 0.2) is 18.3 Å². The molecule has 3 aliphatic rings. The van der Waals surface area contributed by atoms with Crippen LogP contribution < -0.4 is 11.1 Å². The van der Waals surface area contributed by atoms with E-state index in [1.54, 1.807) is 0 Å². The molecule has 5 N–H and O–H groups in total. The van der Waals surface area contributed by atoms with Crippen molar-refractivity contribution in [2.45, 2.75) is 38.1 Å². The second-order valence-corrected chi connectivity index (χ2v) is 7.92. The van der Waals surface area contributed by atoms with Crippen LogP contribution in [0, 0.1) is 28.9 Å². The van der Waals surface area contributed by atoms with Crippen LogP contribution in [0.2, 0.25) is 5.02 Å². The Morgan fingerprint density at radius 2 is 1.93 bits per heavy atom. The maximum absolute atomic E-state index is 14.4. The van der Waals surface area contributed by atoms with E-state index >= 15 is 0 Å². The molecule has 0 radical (unpaired) electrons.